The van der Waals surface area contributed by atoms with Crippen molar-refractivity contribution >= 4 is 38.8 Å². The second kappa shape index (κ2) is 7.78. The molecule has 1 aliphatic heterocycles. The fraction of sp³-hybridized carbons (Fsp3) is 0.333. The van der Waals surface area contributed by atoms with Crippen molar-refractivity contribution in [2.75, 3.05) is 11.1 Å². The summed E-state index contributed by atoms with van der Waals surface area (Å²) in [4.78, 5) is 13.9. The number of hydrogen-bond acceptors (Lipinski definition) is 6. The number of nitrogens with zero attached hydrogens (tertiary/aromatic N) is 1. The number of amidine groups is 1. The molecule has 0 saturated carbocycles. The van der Waals surface area contributed by atoms with Crippen molar-refractivity contribution in [2.24, 2.45) is 10.3 Å². The highest BCUT2D eigenvalue weighted by Crippen LogP contribution is 2.46. The van der Waals surface area contributed by atoms with Gasteiger partial charge in [0.25, 0.3) is 10.0 Å². The number of anilines is 2. The number of Topliss-reactive ketones (excluding diaryl/α,β-unsaturated/α-hetero) is 1. The average molecular weight is 454 g/mol. The van der Waals surface area contributed by atoms with Crippen LogP contribution in [0.2, 0.25) is 0 Å². The van der Waals surface area contributed by atoms with Crippen LogP contribution in [0.1, 0.15) is 51.2 Å². The third-order valence-corrected chi connectivity index (χ3v) is 7.65. The van der Waals surface area contributed by atoms with E-state index >= 15 is 0 Å². The molecule has 0 radical (unpaired) electrons. The fourth-order valence-electron chi connectivity index (χ4n) is 4.52. The zero-order valence-corrected chi connectivity index (χ0v) is 19.2. The molecule has 0 spiro atoms. The summed E-state index contributed by atoms with van der Waals surface area (Å²) in [6.07, 6.45) is 1.91. The first-order chi connectivity index (χ1) is 15.1. The van der Waals surface area contributed by atoms with Crippen molar-refractivity contribution in [3.05, 3.63) is 59.2 Å². The van der Waals surface area contributed by atoms with Crippen molar-refractivity contribution in [2.45, 2.75) is 50.3 Å². The van der Waals surface area contributed by atoms with Gasteiger partial charge in [-0.1, -0.05) is 45.0 Å². The van der Waals surface area contributed by atoms with Crippen LogP contribution in [0.5, 0.6) is 0 Å². The molecule has 4 N–H and O–H groups in total. The molecular weight excluding hydrogens is 426 g/mol. The molecule has 0 bridgehead atoms. The van der Waals surface area contributed by atoms with Gasteiger partial charge in [0.15, 0.2) is 11.6 Å². The van der Waals surface area contributed by atoms with Crippen LogP contribution in [-0.2, 0) is 20.2 Å². The molecule has 0 fully saturated rings. The van der Waals surface area contributed by atoms with Crippen LogP contribution in [0.15, 0.2) is 57.3 Å². The number of rotatable bonds is 5. The van der Waals surface area contributed by atoms with Crippen LogP contribution in [0.3, 0.4) is 0 Å². The lowest BCUT2D eigenvalue weighted by atomic mass is 9.64. The lowest BCUT2D eigenvalue weighted by Gasteiger charge is -2.39. The predicted molar refractivity (Wildman–Crippen MR) is 126 cm³/mol. The first-order valence-electron chi connectivity index (χ1n) is 10.7. The number of hydrogen-bond donors (Lipinski definition) is 3. The van der Waals surface area contributed by atoms with Gasteiger partial charge in [0, 0.05) is 11.3 Å². The van der Waals surface area contributed by atoms with Crippen LogP contribution in [0.4, 0.5) is 11.4 Å². The van der Waals surface area contributed by atoms with E-state index in [1.807, 2.05) is 19.1 Å². The van der Waals surface area contributed by atoms with E-state index in [1.54, 1.807) is 18.2 Å². The monoisotopic (exact) mass is 453 g/mol. The number of nitrogens with two attached hydrogens (primary N) is 1. The average Bonchev–Trinajstić information content (AvgIpc) is 2.74. The molecule has 2 aliphatic rings. The van der Waals surface area contributed by atoms with Crippen LogP contribution in [-0.4, -0.2) is 25.1 Å². The second-order valence-corrected chi connectivity index (χ2v) is 10.3. The number of benzene rings is 2. The van der Waals surface area contributed by atoms with E-state index < -0.39 is 15.4 Å². The number of nitrogen functional groups attached to an aromatic ring is 1. The minimum absolute atomic E-state index is 0.0634. The molecule has 7 nitrogen and oxygen atoms in total. The van der Waals surface area contributed by atoms with Gasteiger partial charge in [-0.05, 0) is 48.9 Å². The topological polar surface area (TPSA) is 122 Å². The number of sulfonamides is 1. The Morgan fingerprint density at radius 2 is 1.91 bits per heavy atom. The number of aliphatic hydroxyl groups excluding tert-OH is 1. The van der Waals surface area contributed by atoms with E-state index in [4.69, 9.17) is 5.73 Å². The Morgan fingerprint density at radius 1 is 1.19 bits per heavy atom. The smallest absolute Gasteiger partial charge is 0.286 e. The van der Waals surface area contributed by atoms with Gasteiger partial charge in [-0.2, -0.15) is 8.42 Å². The number of nitrogens with one attached hydrogen (secondary N) is 1. The maximum atomic E-state index is 14.0. The Hall–Kier alpha value is -3.13. The van der Waals surface area contributed by atoms with Gasteiger partial charge in [-0.15, -0.1) is 4.40 Å². The van der Waals surface area contributed by atoms with E-state index in [1.165, 1.54) is 12.1 Å². The first kappa shape index (κ1) is 22.1. The zero-order chi connectivity index (χ0) is 23.3. The maximum absolute atomic E-state index is 14.0. The highest BCUT2D eigenvalue weighted by molar-refractivity contribution is 7.90. The van der Waals surface area contributed by atoms with Crippen molar-refractivity contribution in [1.82, 2.24) is 0 Å². The summed E-state index contributed by atoms with van der Waals surface area (Å²) < 4.78 is 29.6. The van der Waals surface area contributed by atoms with Crippen molar-refractivity contribution in [3.63, 3.8) is 0 Å². The number of ketones is 1. The largest absolute Gasteiger partial charge is 0.506 e. The van der Waals surface area contributed by atoms with Crippen molar-refractivity contribution in [3.8, 4) is 0 Å². The lowest BCUT2D eigenvalue weighted by molar-refractivity contribution is -0.121. The third kappa shape index (κ3) is 3.39. The number of carbonyl (C=O) groups excluding carboxylic acids is 1. The molecule has 2 aromatic rings. The Balaban J connectivity index is 1.92. The molecule has 32 heavy (non-hydrogen) atoms. The molecule has 1 aliphatic carbocycles. The molecular formula is C24H27N3O4S. The summed E-state index contributed by atoms with van der Waals surface area (Å²) in [7, 11) is -4.11. The van der Waals surface area contributed by atoms with E-state index in [-0.39, 0.29) is 39.2 Å². The van der Waals surface area contributed by atoms with Crippen LogP contribution < -0.4 is 11.1 Å². The van der Waals surface area contributed by atoms with Crippen LogP contribution >= 0.6 is 0 Å². The second-order valence-electron chi connectivity index (χ2n) is 8.76. The molecule has 4 rings (SSSR count). The summed E-state index contributed by atoms with van der Waals surface area (Å²) in [5.74, 6) is -0.373. The summed E-state index contributed by atoms with van der Waals surface area (Å²) >= 11 is 0. The molecule has 8 heteroatoms. The summed E-state index contributed by atoms with van der Waals surface area (Å²) in [6, 6.07) is 11.7. The van der Waals surface area contributed by atoms with Gasteiger partial charge in [0.1, 0.15) is 16.2 Å². The van der Waals surface area contributed by atoms with Gasteiger partial charge in [-0.3, -0.25) is 4.79 Å². The Morgan fingerprint density at radius 3 is 2.59 bits per heavy atom. The number of aliphatic hydroxyl groups is 1. The molecule has 0 aromatic heterocycles. The molecule has 2 aromatic carbocycles. The summed E-state index contributed by atoms with van der Waals surface area (Å²) in [6.45, 7) is 6.14. The highest BCUT2D eigenvalue weighted by Gasteiger charge is 2.48. The normalized spacial score (nSPS) is 21.6. The maximum Gasteiger partial charge on any atom is 0.286 e. The van der Waals surface area contributed by atoms with Crippen LogP contribution in [0, 0.1) is 5.92 Å². The molecule has 1 atom stereocenters. The summed E-state index contributed by atoms with van der Waals surface area (Å²) in [5, 5.41) is 14.1. The quantitative estimate of drug-likeness (QED) is 0.576. The fourth-order valence-corrected chi connectivity index (χ4v) is 5.68. The number of fused-ring (bicyclic) bond motifs is 2. The Kier molecular flexibility index (Phi) is 5.36. The molecule has 168 valence electrons. The first-order valence-corrected chi connectivity index (χ1v) is 12.1. The number of carbonyl (C=O) groups is 1. The lowest BCUT2D eigenvalue weighted by Crippen LogP contribution is -2.44. The Labute approximate surface area is 188 Å². The van der Waals surface area contributed by atoms with Gasteiger partial charge >= 0.3 is 0 Å². The van der Waals surface area contributed by atoms with Crippen LogP contribution in [0.25, 0.3) is 5.76 Å². The summed E-state index contributed by atoms with van der Waals surface area (Å²) in [5.41, 5.74) is 6.61. The van der Waals surface area contributed by atoms with Gasteiger partial charge in [0.2, 0.25) is 0 Å². The predicted octanol–water partition coefficient (Wildman–Crippen LogP) is 4.42. The minimum Gasteiger partial charge on any atom is -0.506 e. The van der Waals surface area contributed by atoms with Gasteiger partial charge in [0.05, 0.1) is 11.1 Å². The van der Waals surface area contributed by atoms with E-state index in [0.717, 1.165) is 12.0 Å². The SMILES string of the molecule is CCC1(CCC(C)C)C(=O)C(C2=NS(=O)(=O)c3cc(N)ccc3N2)=C(O)c2ccccc21. The van der Waals surface area contributed by atoms with E-state index in [9.17, 15) is 18.3 Å². The Bertz CT molecular complexity index is 1280. The third-order valence-electron chi connectivity index (χ3n) is 6.33. The molecule has 1 heterocycles. The highest BCUT2D eigenvalue weighted by atomic mass is 32.2. The van der Waals surface area contributed by atoms with E-state index in [0.29, 0.717) is 24.3 Å². The standard InChI is InChI=1S/C24H27N3O4S/c1-4-24(12-11-14(2)3)17-8-6-5-7-16(17)21(28)20(22(24)29)23-26-18-10-9-15(25)13-19(18)32(30,31)27-23/h5-10,13-14,28H,4,11-12,25H2,1-3H3,(H,26,27). The van der Waals surface area contributed by atoms with Gasteiger partial charge in [-0.25, -0.2) is 0 Å². The molecule has 0 saturated heterocycles. The van der Waals surface area contributed by atoms with Gasteiger partial charge < -0.3 is 16.2 Å². The molecule has 0 amide bonds. The van der Waals surface area contributed by atoms with Crippen molar-refractivity contribution in [1.29, 1.82) is 0 Å². The minimum atomic E-state index is -4.11. The van der Waals surface area contributed by atoms with Crippen molar-refractivity contribution < 1.29 is 18.3 Å². The van der Waals surface area contributed by atoms with E-state index in [2.05, 4.69) is 23.6 Å². The zero-order valence-electron chi connectivity index (χ0n) is 18.3. The molecule has 1 unspecified atom stereocenters.